The molecule has 41 heavy (non-hydrogen) atoms. The minimum absolute atomic E-state index is 0.0369. The second kappa shape index (κ2) is 12.0. The third-order valence-electron chi connectivity index (χ3n) is 8.09. The number of nitrogens with two attached hydrogens (primary N) is 1. The Hall–Kier alpha value is -3.73. The largest absolute Gasteiger partial charge is 0.354 e. The van der Waals surface area contributed by atoms with Gasteiger partial charge in [-0.15, -0.1) is 0 Å². The van der Waals surface area contributed by atoms with Gasteiger partial charge in [-0.2, -0.15) is 0 Å². The number of carbonyl (C=O) groups excluding carboxylic acids is 1. The number of aromatic amines is 1. The van der Waals surface area contributed by atoms with Crippen LogP contribution in [0, 0.1) is 13.8 Å². The second-order valence-corrected chi connectivity index (χ2v) is 11.4. The van der Waals surface area contributed by atoms with Crippen molar-refractivity contribution in [2.75, 3.05) is 49.2 Å². The van der Waals surface area contributed by atoms with Crippen LogP contribution in [0.3, 0.4) is 0 Å². The summed E-state index contributed by atoms with van der Waals surface area (Å²) in [6, 6.07) is 10.3. The van der Waals surface area contributed by atoms with Gasteiger partial charge in [0.15, 0.2) is 0 Å². The fraction of sp³-hybridized carbons (Fsp3) is 0.452. The zero-order valence-electron chi connectivity index (χ0n) is 24.8. The SMILES string of the molecule is Cc1cc(C)c(CNC(=O)c2cc(-c3ccc(N4CCN(CCN)CC4)nc3)cc3c2C(C)NN3C(C)C)c(=O)[nH]1. The lowest BCUT2D eigenvalue weighted by Gasteiger charge is -2.35. The second-order valence-electron chi connectivity index (χ2n) is 11.4. The molecule has 1 unspecified atom stereocenters. The fourth-order valence-electron chi connectivity index (χ4n) is 5.91. The number of rotatable bonds is 8. The molecule has 1 fully saturated rings. The van der Waals surface area contributed by atoms with Crippen molar-refractivity contribution in [3.8, 4) is 11.1 Å². The number of aryl methyl sites for hydroxylation is 2. The maximum atomic E-state index is 13.7. The molecular formula is C31H42N8O2. The number of carbonyl (C=O) groups is 1. The van der Waals surface area contributed by atoms with Crippen LogP contribution in [0.25, 0.3) is 11.1 Å². The lowest BCUT2D eigenvalue weighted by molar-refractivity contribution is 0.0949. The molecule has 3 aromatic rings. The molecule has 218 valence electrons. The van der Waals surface area contributed by atoms with Crippen LogP contribution in [0.4, 0.5) is 11.5 Å². The van der Waals surface area contributed by atoms with Crippen LogP contribution in [0.15, 0.2) is 41.3 Å². The number of fused-ring (bicyclic) bond motifs is 1. The van der Waals surface area contributed by atoms with Crippen LogP contribution in [0.2, 0.25) is 0 Å². The van der Waals surface area contributed by atoms with Crippen LogP contribution in [-0.2, 0) is 6.54 Å². The normalized spacial score (nSPS) is 17.3. The van der Waals surface area contributed by atoms with E-state index in [1.165, 1.54) is 0 Å². The fourth-order valence-corrected chi connectivity index (χ4v) is 5.91. The number of aromatic nitrogens is 2. The predicted octanol–water partition coefficient (Wildman–Crippen LogP) is 2.86. The number of hydrogen-bond donors (Lipinski definition) is 4. The maximum Gasteiger partial charge on any atom is 0.253 e. The molecule has 4 heterocycles. The lowest BCUT2D eigenvalue weighted by atomic mass is 9.94. The summed E-state index contributed by atoms with van der Waals surface area (Å²) in [5.41, 5.74) is 15.7. The van der Waals surface area contributed by atoms with Gasteiger partial charge >= 0.3 is 0 Å². The molecule has 1 aromatic carbocycles. The van der Waals surface area contributed by atoms with Gasteiger partial charge in [-0.05, 0) is 76.1 Å². The average molecular weight is 559 g/mol. The molecule has 0 bridgehead atoms. The Balaban J connectivity index is 1.43. The molecule has 1 amide bonds. The number of hydrazine groups is 1. The topological polar surface area (TPSA) is 123 Å². The van der Waals surface area contributed by atoms with E-state index in [-0.39, 0.29) is 30.1 Å². The quantitative estimate of drug-likeness (QED) is 0.333. The van der Waals surface area contributed by atoms with Gasteiger partial charge in [0.25, 0.3) is 11.5 Å². The van der Waals surface area contributed by atoms with Crippen LogP contribution in [0.1, 0.15) is 59.6 Å². The van der Waals surface area contributed by atoms with Crippen LogP contribution >= 0.6 is 0 Å². The smallest absolute Gasteiger partial charge is 0.253 e. The van der Waals surface area contributed by atoms with Crippen molar-refractivity contribution in [1.29, 1.82) is 0 Å². The van der Waals surface area contributed by atoms with Crippen molar-refractivity contribution in [3.63, 3.8) is 0 Å². The van der Waals surface area contributed by atoms with E-state index in [1.54, 1.807) is 0 Å². The van der Waals surface area contributed by atoms with Gasteiger partial charge in [0, 0.05) is 86.0 Å². The van der Waals surface area contributed by atoms with E-state index in [0.29, 0.717) is 17.7 Å². The average Bonchev–Trinajstić information content (AvgIpc) is 3.29. The maximum absolute atomic E-state index is 13.7. The van der Waals surface area contributed by atoms with E-state index < -0.39 is 0 Å². The molecule has 0 radical (unpaired) electrons. The number of amides is 1. The third kappa shape index (κ3) is 6.00. The summed E-state index contributed by atoms with van der Waals surface area (Å²) < 4.78 is 0. The van der Waals surface area contributed by atoms with Gasteiger partial charge in [-0.1, -0.05) is 0 Å². The monoisotopic (exact) mass is 558 g/mol. The molecule has 2 aromatic heterocycles. The minimum atomic E-state index is -0.207. The zero-order valence-corrected chi connectivity index (χ0v) is 24.8. The Morgan fingerprint density at radius 3 is 2.51 bits per heavy atom. The van der Waals surface area contributed by atoms with E-state index in [2.05, 4.69) is 69.5 Å². The number of nitrogens with zero attached hydrogens (tertiary/aromatic N) is 4. The van der Waals surface area contributed by atoms with Crippen LogP contribution < -0.4 is 31.9 Å². The summed E-state index contributed by atoms with van der Waals surface area (Å²) in [5, 5.41) is 5.14. The molecule has 5 rings (SSSR count). The first-order valence-electron chi connectivity index (χ1n) is 14.5. The molecule has 1 atom stereocenters. The number of nitrogens with one attached hydrogen (secondary N) is 3. The predicted molar refractivity (Wildman–Crippen MR) is 164 cm³/mol. The van der Waals surface area contributed by atoms with E-state index in [4.69, 9.17) is 10.7 Å². The number of pyridine rings is 2. The van der Waals surface area contributed by atoms with Crippen LogP contribution in [-0.4, -0.2) is 66.1 Å². The summed E-state index contributed by atoms with van der Waals surface area (Å²) >= 11 is 0. The summed E-state index contributed by atoms with van der Waals surface area (Å²) in [4.78, 5) is 38.6. The number of piperazine rings is 1. The molecule has 2 aliphatic heterocycles. The van der Waals surface area contributed by atoms with Gasteiger partial charge < -0.3 is 25.9 Å². The first-order chi connectivity index (χ1) is 19.7. The van der Waals surface area contributed by atoms with E-state index in [9.17, 15) is 9.59 Å². The number of hydrogen-bond acceptors (Lipinski definition) is 8. The number of benzene rings is 1. The standard InChI is InChI=1S/C31H42N8O2/c1-19(2)39-27-16-24(23-6-7-28(33-17-23)38-12-10-37(9-8-32)11-13-38)15-25(29(27)22(5)36-39)30(40)34-18-26-20(3)14-21(4)35-31(26)41/h6-7,14-17,19,22,36H,8-13,18,32H2,1-5H3,(H,34,40)(H,35,41). The summed E-state index contributed by atoms with van der Waals surface area (Å²) in [6.45, 7) is 15.6. The first kappa shape index (κ1) is 28.8. The van der Waals surface area contributed by atoms with Crippen molar-refractivity contribution < 1.29 is 4.79 Å². The lowest BCUT2D eigenvalue weighted by Crippen LogP contribution is -2.48. The molecule has 5 N–H and O–H groups in total. The minimum Gasteiger partial charge on any atom is -0.354 e. The summed E-state index contributed by atoms with van der Waals surface area (Å²) in [5.74, 6) is 0.750. The number of anilines is 2. The first-order valence-corrected chi connectivity index (χ1v) is 14.5. The molecule has 1 saturated heterocycles. The van der Waals surface area contributed by atoms with Crippen molar-refractivity contribution in [1.82, 2.24) is 25.6 Å². The van der Waals surface area contributed by atoms with Crippen molar-refractivity contribution >= 4 is 17.4 Å². The van der Waals surface area contributed by atoms with Gasteiger partial charge in [-0.25, -0.2) is 10.4 Å². The Labute approximate surface area is 241 Å². The molecule has 2 aliphatic rings. The molecule has 0 aliphatic carbocycles. The summed E-state index contributed by atoms with van der Waals surface area (Å²) in [7, 11) is 0. The third-order valence-corrected chi connectivity index (χ3v) is 8.09. The molecule has 0 saturated carbocycles. The Bertz CT molecular complexity index is 1460. The highest BCUT2D eigenvalue weighted by molar-refractivity contribution is 5.99. The molecule has 10 heteroatoms. The van der Waals surface area contributed by atoms with E-state index in [1.807, 2.05) is 32.2 Å². The highest BCUT2D eigenvalue weighted by Gasteiger charge is 2.32. The van der Waals surface area contributed by atoms with Gasteiger partial charge in [0.2, 0.25) is 0 Å². The Morgan fingerprint density at radius 2 is 1.88 bits per heavy atom. The Morgan fingerprint density at radius 1 is 1.12 bits per heavy atom. The summed E-state index contributed by atoms with van der Waals surface area (Å²) in [6.07, 6.45) is 1.89. The zero-order chi connectivity index (χ0) is 29.3. The van der Waals surface area contributed by atoms with E-state index >= 15 is 0 Å². The van der Waals surface area contributed by atoms with Crippen LogP contribution in [0.5, 0.6) is 0 Å². The van der Waals surface area contributed by atoms with Gasteiger partial charge in [0.1, 0.15) is 5.82 Å². The van der Waals surface area contributed by atoms with Crippen molar-refractivity contribution in [3.05, 3.63) is 74.8 Å². The molecular weight excluding hydrogens is 516 g/mol. The van der Waals surface area contributed by atoms with Crippen molar-refractivity contribution in [2.24, 2.45) is 5.73 Å². The Kier molecular flexibility index (Phi) is 8.44. The molecule has 10 nitrogen and oxygen atoms in total. The highest BCUT2D eigenvalue weighted by atomic mass is 16.2. The van der Waals surface area contributed by atoms with E-state index in [0.717, 1.165) is 72.2 Å². The highest BCUT2D eigenvalue weighted by Crippen LogP contribution is 2.40. The number of H-pyrrole nitrogens is 1. The molecule has 0 spiro atoms. The van der Waals surface area contributed by atoms with Gasteiger partial charge in [0.05, 0.1) is 11.7 Å². The van der Waals surface area contributed by atoms with Crippen molar-refractivity contribution in [2.45, 2.75) is 53.2 Å². The van der Waals surface area contributed by atoms with Gasteiger partial charge in [-0.3, -0.25) is 14.5 Å².